The van der Waals surface area contributed by atoms with Crippen LogP contribution in [-0.4, -0.2) is 16.8 Å². The number of fused-ring (bicyclic) bond motifs is 1. The van der Waals surface area contributed by atoms with Crippen molar-refractivity contribution in [3.8, 4) is 0 Å². The van der Waals surface area contributed by atoms with E-state index in [1.54, 1.807) is 0 Å². The summed E-state index contributed by atoms with van der Waals surface area (Å²) in [6, 6.07) is 0. The van der Waals surface area contributed by atoms with Crippen LogP contribution in [0.2, 0.25) is 0 Å². The molecule has 2 unspecified atom stereocenters. The van der Waals surface area contributed by atoms with Gasteiger partial charge in [0.1, 0.15) is 0 Å². The average molecular weight is 167 g/mol. The summed E-state index contributed by atoms with van der Waals surface area (Å²) in [6.07, 6.45) is 3.62. The van der Waals surface area contributed by atoms with Gasteiger partial charge < -0.3 is 0 Å². The van der Waals surface area contributed by atoms with Crippen LogP contribution in [0.4, 0.5) is 0 Å². The normalized spacial score (nSPS) is 36.2. The third-order valence-corrected chi connectivity index (χ3v) is 3.29. The number of thioether (sulfide) groups is 1. The van der Waals surface area contributed by atoms with Crippen LogP contribution in [0.5, 0.6) is 0 Å². The van der Waals surface area contributed by atoms with E-state index < -0.39 is 0 Å². The maximum atomic E-state index is 4.53. The molecule has 1 nitrogen and oxygen atoms in total. The van der Waals surface area contributed by atoms with Gasteiger partial charge in [-0.05, 0) is 17.9 Å². The van der Waals surface area contributed by atoms with Crippen molar-refractivity contribution in [2.24, 2.45) is 10.9 Å². The quantitative estimate of drug-likeness (QED) is 0.540. The Morgan fingerprint density at radius 2 is 2.36 bits per heavy atom. The van der Waals surface area contributed by atoms with E-state index in [4.69, 9.17) is 0 Å². The number of aliphatic imine (C=N–C) groups is 1. The van der Waals surface area contributed by atoms with Crippen LogP contribution >= 0.6 is 11.8 Å². The van der Waals surface area contributed by atoms with Gasteiger partial charge in [0.2, 0.25) is 0 Å². The molecule has 2 aliphatic rings. The maximum absolute atomic E-state index is 4.53. The summed E-state index contributed by atoms with van der Waals surface area (Å²) in [5, 5.41) is 2.07. The van der Waals surface area contributed by atoms with Crippen molar-refractivity contribution in [2.75, 3.05) is 6.54 Å². The molecule has 2 atom stereocenters. The Morgan fingerprint density at radius 1 is 1.55 bits per heavy atom. The lowest BCUT2D eigenvalue weighted by atomic mass is 10.0. The fourth-order valence-corrected chi connectivity index (χ4v) is 2.70. The van der Waals surface area contributed by atoms with Crippen molar-refractivity contribution in [3.63, 3.8) is 0 Å². The molecule has 0 aliphatic carbocycles. The van der Waals surface area contributed by atoms with Crippen molar-refractivity contribution < 1.29 is 0 Å². The standard InChI is InChI=1S/C9H13NS/c1-6-3-8-4-7(2)11-9(8)10-5-6/h3,6-7H,4-5H2,1-2H3. The molecule has 0 radical (unpaired) electrons. The molecule has 2 aliphatic heterocycles. The molecule has 60 valence electrons. The van der Waals surface area contributed by atoms with Crippen molar-refractivity contribution in [2.45, 2.75) is 25.5 Å². The number of nitrogens with zero attached hydrogens (tertiary/aromatic N) is 1. The van der Waals surface area contributed by atoms with Crippen LogP contribution in [0, 0.1) is 5.92 Å². The van der Waals surface area contributed by atoms with Gasteiger partial charge in [-0.3, -0.25) is 4.99 Å². The molecule has 0 aromatic rings. The van der Waals surface area contributed by atoms with E-state index >= 15 is 0 Å². The third-order valence-electron chi connectivity index (χ3n) is 2.10. The second-order valence-corrected chi connectivity index (χ2v) is 4.87. The highest BCUT2D eigenvalue weighted by atomic mass is 32.2. The highest BCUT2D eigenvalue weighted by Gasteiger charge is 2.25. The first-order valence-corrected chi connectivity index (χ1v) is 5.06. The Balaban J connectivity index is 2.24. The lowest BCUT2D eigenvalue weighted by Crippen LogP contribution is -2.06. The molecule has 0 aromatic carbocycles. The molecule has 11 heavy (non-hydrogen) atoms. The van der Waals surface area contributed by atoms with E-state index in [1.165, 1.54) is 17.0 Å². The first-order valence-electron chi connectivity index (χ1n) is 4.18. The van der Waals surface area contributed by atoms with Gasteiger partial charge in [0.05, 0.1) is 5.04 Å². The van der Waals surface area contributed by atoms with Crippen LogP contribution in [-0.2, 0) is 0 Å². The molecule has 0 N–H and O–H groups in total. The van der Waals surface area contributed by atoms with Gasteiger partial charge in [0.25, 0.3) is 0 Å². The predicted molar refractivity (Wildman–Crippen MR) is 51.2 cm³/mol. The molecule has 1 fully saturated rings. The number of hydrogen-bond acceptors (Lipinski definition) is 2. The van der Waals surface area contributed by atoms with Crippen LogP contribution < -0.4 is 0 Å². The monoisotopic (exact) mass is 167 g/mol. The maximum Gasteiger partial charge on any atom is 0.0936 e. The largest absolute Gasteiger partial charge is 0.278 e. The van der Waals surface area contributed by atoms with Gasteiger partial charge in [-0.2, -0.15) is 0 Å². The van der Waals surface area contributed by atoms with Gasteiger partial charge in [0, 0.05) is 11.8 Å². The van der Waals surface area contributed by atoms with Crippen molar-refractivity contribution in [3.05, 3.63) is 11.6 Å². The fraction of sp³-hybridized carbons (Fsp3) is 0.667. The van der Waals surface area contributed by atoms with Crippen LogP contribution in [0.15, 0.2) is 16.6 Å². The molecule has 0 amide bonds. The van der Waals surface area contributed by atoms with Crippen molar-refractivity contribution >= 4 is 16.8 Å². The van der Waals surface area contributed by atoms with E-state index in [0.717, 1.165) is 11.8 Å². The van der Waals surface area contributed by atoms with Gasteiger partial charge in [-0.1, -0.05) is 19.9 Å². The lowest BCUT2D eigenvalue weighted by molar-refractivity contribution is 0.724. The number of rotatable bonds is 0. The van der Waals surface area contributed by atoms with E-state index in [1.807, 2.05) is 11.8 Å². The molecule has 2 heteroatoms. The minimum absolute atomic E-state index is 0.666. The summed E-state index contributed by atoms with van der Waals surface area (Å²) in [5.41, 5.74) is 1.50. The minimum Gasteiger partial charge on any atom is -0.278 e. The van der Waals surface area contributed by atoms with Gasteiger partial charge in [-0.15, -0.1) is 11.8 Å². The van der Waals surface area contributed by atoms with Crippen LogP contribution in [0.3, 0.4) is 0 Å². The Labute approximate surface area is 72.0 Å². The first kappa shape index (κ1) is 7.41. The van der Waals surface area contributed by atoms with Crippen molar-refractivity contribution in [1.29, 1.82) is 0 Å². The molecular formula is C9H13NS. The smallest absolute Gasteiger partial charge is 0.0936 e. The zero-order chi connectivity index (χ0) is 7.84. The second-order valence-electron chi connectivity index (χ2n) is 3.45. The molecule has 0 saturated carbocycles. The number of dihydropyridines is 1. The Hall–Kier alpha value is -0.240. The summed E-state index contributed by atoms with van der Waals surface area (Å²) in [4.78, 5) is 4.53. The zero-order valence-corrected chi connectivity index (χ0v) is 7.82. The van der Waals surface area contributed by atoms with E-state index in [-0.39, 0.29) is 0 Å². The third kappa shape index (κ3) is 1.36. The highest BCUT2D eigenvalue weighted by molar-refractivity contribution is 8.15. The summed E-state index contributed by atoms with van der Waals surface area (Å²) in [7, 11) is 0. The SMILES string of the molecule is CC1C=C2CC(C)SC2=NC1. The molecule has 0 aromatic heterocycles. The van der Waals surface area contributed by atoms with Gasteiger partial charge in [-0.25, -0.2) is 0 Å². The molecule has 2 heterocycles. The average Bonchev–Trinajstić information content (AvgIpc) is 2.27. The van der Waals surface area contributed by atoms with Crippen molar-refractivity contribution in [1.82, 2.24) is 0 Å². The van der Waals surface area contributed by atoms with E-state index in [2.05, 4.69) is 24.9 Å². The van der Waals surface area contributed by atoms with E-state index in [9.17, 15) is 0 Å². The van der Waals surface area contributed by atoms with E-state index in [0.29, 0.717) is 5.92 Å². The topological polar surface area (TPSA) is 12.4 Å². The zero-order valence-electron chi connectivity index (χ0n) is 7.00. The minimum atomic E-state index is 0.666. The summed E-state index contributed by atoms with van der Waals surface area (Å²) >= 11 is 1.93. The summed E-state index contributed by atoms with van der Waals surface area (Å²) in [5.74, 6) is 0.666. The second kappa shape index (κ2) is 2.67. The Bertz CT molecular complexity index is 230. The molecule has 1 saturated heterocycles. The lowest BCUT2D eigenvalue weighted by Gasteiger charge is -2.11. The summed E-state index contributed by atoms with van der Waals surface area (Å²) < 4.78 is 0. The molecule has 0 spiro atoms. The van der Waals surface area contributed by atoms with Crippen LogP contribution in [0.25, 0.3) is 0 Å². The van der Waals surface area contributed by atoms with Gasteiger partial charge >= 0.3 is 0 Å². The molecular weight excluding hydrogens is 154 g/mol. The van der Waals surface area contributed by atoms with Gasteiger partial charge in [0.15, 0.2) is 0 Å². The number of hydrogen-bond donors (Lipinski definition) is 0. The first-order chi connectivity index (χ1) is 5.25. The predicted octanol–water partition coefficient (Wildman–Crippen LogP) is 2.49. The molecule has 2 rings (SSSR count). The fourth-order valence-electron chi connectivity index (χ4n) is 1.61. The highest BCUT2D eigenvalue weighted by Crippen LogP contribution is 2.35. The Morgan fingerprint density at radius 3 is 3.18 bits per heavy atom. The summed E-state index contributed by atoms with van der Waals surface area (Å²) in [6.45, 7) is 5.51. The van der Waals surface area contributed by atoms with Crippen LogP contribution in [0.1, 0.15) is 20.3 Å². The Kier molecular flexibility index (Phi) is 1.80. The molecule has 0 bridgehead atoms.